The normalized spacial score (nSPS) is 20.3. The highest BCUT2D eigenvalue weighted by Crippen LogP contribution is 2.35. The summed E-state index contributed by atoms with van der Waals surface area (Å²) in [5.41, 5.74) is 1.22. The molecule has 2 aliphatic rings. The Morgan fingerprint density at radius 2 is 1.87 bits per heavy atom. The summed E-state index contributed by atoms with van der Waals surface area (Å²) in [6.07, 6.45) is 3.33. The third-order valence-electron chi connectivity index (χ3n) is 5.92. The van der Waals surface area contributed by atoms with Crippen LogP contribution in [0.1, 0.15) is 25.7 Å². The second-order valence-electron chi connectivity index (χ2n) is 7.87. The summed E-state index contributed by atoms with van der Waals surface area (Å²) >= 11 is 0. The van der Waals surface area contributed by atoms with Crippen molar-refractivity contribution in [2.24, 2.45) is 11.8 Å². The SMILES string of the molecule is O=C(Nc1ccc2c(c1)OCO2)C1CCC(Cn2nnc3ccccc3c2=O)CC1. The molecule has 1 aliphatic carbocycles. The molecule has 1 N–H and O–H groups in total. The Balaban J connectivity index is 1.19. The van der Waals surface area contributed by atoms with Crippen LogP contribution in [-0.2, 0) is 11.3 Å². The van der Waals surface area contributed by atoms with Crippen molar-refractivity contribution in [1.82, 2.24) is 15.0 Å². The molecule has 154 valence electrons. The van der Waals surface area contributed by atoms with Crippen LogP contribution in [0.15, 0.2) is 47.3 Å². The van der Waals surface area contributed by atoms with Gasteiger partial charge in [0.15, 0.2) is 11.5 Å². The monoisotopic (exact) mass is 406 g/mol. The standard InChI is InChI=1S/C22H22N4O4/c27-21(23-16-9-10-19-20(11-16)30-13-29-19)15-7-5-14(6-8-15)12-26-22(28)17-3-1-2-4-18(17)24-25-26/h1-4,9-11,14-15H,5-8,12-13H2,(H,23,27). The summed E-state index contributed by atoms with van der Waals surface area (Å²) in [5, 5.41) is 11.8. The zero-order chi connectivity index (χ0) is 20.5. The maximum Gasteiger partial charge on any atom is 0.277 e. The van der Waals surface area contributed by atoms with Gasteiger partial charge in [0, 0.05) is 24.2 Å². The molecule has 5 rings (SSSR count). The fourth-order valence-electron chi connectivity index (χ4n) is 4.21. The van der Waals surface area contributed by atoms with Gasteiger partial charge in [0.25, 0.3) is 5.56 Å². The van der Waals surface area contributed by atoms with Crippen molar-refractivity contribution >= 4 is 22.5 Å². The molecule has 0 saturated heterocycles. The van der Waals surface area contributed by atoms with Crippen LogP contribution in [-0.4, -0.2) is 27.7 Å². The fraction of sp³-hybridized carbons (Fsp3) is 0.364. The molecule has 0 spiro atoms. The maximum absolute atomic E-state index is 12.7. The lowest BCUT2D eigenvalue weighted by atomic mass is 9.81. The number of carbonyl (C=O) groups is 1. The zero-order valence-electron chi connectivity index (χ0n) is 16.4. The largest absolute Gasteiger partial charge is 0.454 e. The molecule has 1 fully saturated rings. The second kappa shape index (κ2) is 7.78. The van der Waals surface area contributed by atoms with Crippen LogP contribution in [0.3, 0.4) is 0 Å². The Bertz CT molecular complexity index is 1150. The molecule has 1 aromatic heterocycles. The first-order valence-corrected chi connectivity index (χ1v) is 10.2. The third-order valence-corrected chi connectivity index (χ3v) is 5.92. The Hall–Kier alpha value is -3.42. The van der Waals surface area contributed by atoms with E-state index >= 15 is 0 Å². The molecule has 1 aliphatic heterocycles. The maximum atomic E-state index is 12.7. The lowest BCUT2D eigenvalue weighted by molar-refractivity contribution is -0.121. The molecular weight excluding hydrogens is 384 g/mol. The van der Waals surface area contributed by atoms with Crippen molar-refractivity contribution in [3.05, 3.63) is 52.8 Å². The average molecular weight is 406 g/mol. The number of aromatic nitrogens is 3. The van der Waals surface area contributed by atoms with E-state index < -0.39 is 0 Å². The summed E-state index contributed by atoms with van der Waals surface area (Å²) in [5.74, 6) is 1.65. The van der Waals surface area contributed by atoms with Crippen molar-refractivity contribution in [3.63, 3.8) is 0 Å². The van der Waals surface area contributed by atoms with E-state index in [4.69, 9.17) is 9.47 Å². The Labute approximate surface area is 172 Å². The van der Waals surface area contributed by atoms with Gasteiger partial charge in [0.2, 0.25) is 12.7 Å². The molecule has 2 aromatic carbocycles. The first-order valence-electron chi connectivity index (χ1n) is 10.2. The van der Waals surface area contributed by atoms with Crippen LogP contribution in [0.5, 0.6) is 11.5 Å². The highest BCUT2D eigenvalue weighted by molar-refractivity contribution is 5.93. The lowest BCUT2D eigenvalue weighted by Gasteiger charge is -2.27. The van der Waals surface area contributed by atoms with E-state index in [0.717, 1.165) is 25.7 Å². The highest BCUT2D eigenvalue weighted by atomic mass is 16.7. The minimum atomic E-state index is -0.108. The lowest BCUT2D eigenvalue weighted by Crippen LogP contribution is -2.32. The van der Waals surface area contributed by atoms with Crippen LogP contribution < -0.4 is 20.3 Å². The molecule has 1 amide bonds. The minimum absolute atomic E-state index is 0.0231. The smallest absolute Gasteiger partial charge is 0.277 e. The van der Waals surface area contributed by atoms with Crippen LogP contribution in [0.4, 0.5) is 5.69 Å². The summed E-state index contributed by atoms with van der Waals surface area (Å²) in [6.45, 7) is 0.745. The molecular formula is C22H22N4O4. The molecule has 0 radical (unpaired) electrons. The van der Waals surface area contributed by atoms with Gasteiger partial charge in [-0.15, -0.1) is 5.10 Å². The van der Waals surface area contributed by atoms with E-state index in [1.807, 2.05) is 18.2 Å². The first kappa shape index (κ1) is 18.6. The predicted octanol–water partition coefficient (Wildman–Crippen LogP) is 2.97. The molecule has 8 heteroatoms. The van der Waals surface area contributed by atoms with Gasteiger partial charge in [-0.05, 0) is 55.9 Å². The first-order chi connectivity index (χ1) is 14.7. The molecule has 30 heavy (non-hydrogen) atoms. The van der Waals surface area contributed by atoms with Gasteiger partial charge >= 0.3 is 0 Å². The zero-order valence-corrected chi connectivity index (χ0v) is 16.4. The number of fused-ring (bicyclic) bond motifs is 2. The predicted molar refractivity (Wildman–Crippen MR) is 110 cm³/mol. The molecule has 0 unspecified atom stereocenters. The Morgan fingerprint density at radius 3 is 2.73 bits per heavy atom. The number of amides is 1. The Kier molecular flexibility index (Phi) is 4.82. The topological polar surface area (TPSA) is 95.3 Å². The number of ether oxygens (including phenoxy) is 2. The van der Waals surface area contributed by atoms with Gasteiger partial charge in [-0.25, -0.2) is 4.68 Å². The van der Waals surface area contributed by atoms with Crippen molar-refractivity contribution < 1.29 is 14.3 Å². The van der Waals surface area contributed by atoms with E-state index in [1.54, 1.807) is 24.3 Å². The number of rotatable bonds is 4. The van der Waals surface area contributed by atoms with E-state index in [1.165, 1.54) is 4.68 Å². The third kappa shape index (κ3) is 3.60. The molecule has 3 aromatic rings. The Morgan fingerprint density at radius 1 is 1.07 bits per heavy atom. The molecule has 0 bridgehead atoms. The van der Waals surface area contributed by atoms with Gasteiger partial charge in [0.1, 0.15) is 5.52 Å². The summed E-state index contributed by atoms with van der Waals surface area (Å²) in [4.78, 5) is 25.3. The number of nitrogens with one attached hydrogen (secondary N) is 1. The highest BCUT2D eigenvalue weighted by Gasteiger charge is 2.27. The van der Waals surface area contributed by atoms with Crippen molar-refractivity contribution in [1.29, 1.82) is 0 Å². The van der Waals surface area contributed by atoms with Gasteiger partial charge in [0.05, 0.1) is 5.39 Å². The van der Waals surface area contributed by atoms with Crippen LogP contribution in [0, 0.1) is 11.8 Å². The molecule has 8 nitrogen and oxygen atoms in total. The molecule has 2 heterocycles. The summed E-state index contributed by atoms with van der Waals surface area (Å²) in [7, 11) is 0. The summed E-state index contributed by atoms with van der Waals surface area (Å²) in [6, 6.07) is 12.7. The van der Waals surface area contributed by atoms with Gasteiger partial charge < -0.3 is 14.8 Å². The number of anilines is 1. The van der Waals surface area contributed by atoms with Gasteiger partial charge in [-0.1, -0.05) is 17.3 Å². The van der Waals surface area contributed by atoms with Crippen molar-refractivity contribution in [2.45, 2.75) is 32.2 Å². The number of nitrogens with zero attached hydrogens (tertiary/aromatic N) is 3. The van der Waals surface area contributed by atoms with E-state index in [2.05, 4.69) is 15.6 Å². The van der Waals surface area contributed by atoms with E-state index in [9.17, 15) is 9.59 Å². The average Bonchev–Trinajstić information content (AvgIpc) is 3.24. The van der Waals surface area contributed by atoms with E-state index in [0.29, 0.717) is 40.6 Å². The molecule has 0 atom stereocenters. The quantitative estimate of drug-likeness (QED) is 0.716. The van der Waals surface area contributed by atoms with Crippen LogP contribution in [0.25, 0.3) is 10.9 Å². The fourth-order valence-corrected chi connectivity index (χ4v) is 4.21. The van der Waals surface area contributed by atoms with Gasteiger partial charge in [-0.2, -0.15) is 0 Å². The van der Waals surface area contributed by atoms with Crippen molar-refractivity contribution in [2.75, 3.05) is 12.1 Å². The van der Waals surface area contributed by atoms with Crippen LogP contribution >= 0.6 is 0 Å². The minimum Gasteiger partial charge on any atom is -0.454 e. The number of benzene rings is 2. The van der Waals surface area contributed by atoms with Gasteiger partial charge in [-0.3, -0.25) is 9.59 Å². The van der Waals surface area contributed by atoms with Crippen LogP contribution in [0.2, 0.25) is 0 Å². The number of hydrogen-bond donors (Lipinski definition) is 1. The molecule has 1 saturated carbocycles. The van der Waals surface area contributed by atoms with E-state index in [-0.39, 0.29) is 24.2 Å². The second-order valence-corrected chi connectivity index (χ2v) is 7.87. The summed E-state index contributed by atoms with van der Waals surface area (Å²) < 4.78 is 12.1. The van der Waals surface area contributed by atoms with Crippen molar-refractivity contribution in [3.8, 4) is 11.5 Å². The number of hydrogen-bond acceptors (Lipinski definition) is 6. The number of carbonyl (C=O) groups excluding carboxylic acids is 1.